The lowest BCUT2D eigenvalue weighted by atomic mass is 9.66. The van der Waals surface area contributed by atoms with Gasteiger partial charge in [-0.3, -0.25) is 0 Å². The molecule has 8 aromatic carbocycles. The zero-order valence-electron chi connectivity index (χ0n) is 38.5. The van der Waals surface area contributed by atoms with Crippen LogP contribution in [0.1, 0.15) is 52.3 Å². The van der Waals surface area contributed by atoms with Crippen molar-refractivity contribution in [2.24, 2.45) is 4.99 Å². The van der Waals surface area contributed by atoms with Gasteiger partial charge in [0.2, 0.25) is 5.90 Å². The number of rotatable bonds is 9. The van der Waals surface area contributed by atoms with E-state index in [1.54, 1.807) is 0 Å². The van der Waals surface area contributed by atoms with E-state index >= 15 is 0 Å². The summed E-state index contributed by atoms with van der Waals surface area (Å²) in [5.74, 6) is 1.75. The molecule has 4 aliphatic rings. The molecule has 0 bridgehead atoms. The third-order valence-electron chi connectivity index (χ3n) is 14.4. The molecule has 70 heavy (non-hydrogen) atoms. The maximum absolute atomic E-state index is 6.47. The van der Waals surface area contributed by atoms with E-state index in [2.05, 4.69) is 212 Å². The molecule has 3 aliphatic carbocycles. The van der Waals surface area contributed by atoms with Gasteiger partial charge in [-0.25, -0.2) is 15.0 Å². The Kier molecular flexibility index (Phi) is 10.3. The van der Waals surface area contributed by atoms with Crippen molar-refractivity contribution in [1.29, 1.82) is 0 Å². The van der Waals surface area contributed by atoms with E-state index in [1.807, 2.05) is 36.4 Å². The van der Waals surface area contributed by atoms with Gasteiger partial charge < -0.3 is 4.74 Å². The second kappa shape index (κ2) is 17.4. The second-order valence-electron chi connectivity index (χ2n) is 18.5. The summed E-state index contributed by atoms with van der Waals surface area (Å²) in [6.45, 7) is 0. The monoisotopic (exact) mass is 897 g/mol. The predicted octanol–water partition coefficient (Wildman–Crippen LogP) is 15.6. The SMILES string of the molecule is C1=CC(c2ccccc2)CC=C1c1cc(-c2cccc(-c3cccc(-c4ccc5c(c4)-c4ccccc4C5(C4=CCC5OC(c6ccccc6)=NC5=C4)c4ccccc4)c3)c2)nc(-c2ccccc2)n1. The molecule has 4 heteroatoms. The van der Waals surface area contributed by atoms with Crippen molar-refractivity contribution in [2.75, 3.05) is 0 Å². The Morgan fingerprint density at radius 2 is 1.06 bits per heavy atom. The summed E-state index contributed by atoms with van der Waals surface area (Å²) in [5.41, 5.74) is 19.8. The van der Waals surface area contributed by atoms with E-state index in [0.29, 0.717) is 17.6 Å². The average Bonchev–Trinajstić information content (AvgIpc) is 4.01. The first-order valence-electron chi connectivity index (χ1n) is 24.3. The van der Waals surface area contributed by atoms with E-state index in [4.69, 9.17) is 19.7 Å². The van der Waals surface area contributed by atoms with Gasteiger partial charge in [-0.2, -0.15) is 0 Å². The molecule has 0 radical (unpaired) electrons. The molecule has 0 spiro atoms. The number of benzene rings is 8. The number of aromatic nitrogens is 2. The Bertz CT molecular complexity index is 3630. The number of allylic oxidation sites excluding steroid dienone is 6. The Hall–Kier alpha value is -8.73. The molecule has 13 rings (SSSR count). The minimum atomic E-state index is -0.535. The molecule has 3 unspecified atom stereocenters. The predicted molar refractivity (Wildman–Crippen MR) is 285 cm³/mol. The number of hydrogen-bond donors (Lipinski definition) is 0. The van der Waals surface area contributed by atoms with E-state index in [0.717, 1.165) is 68.9 Å². The highest BCUT2D eigenvalue weighted by atomic mass is 16.5. The van der Waals surface area contributed by atoms with Crippen LogP contribution in [0, 0.1) is 0 Å². The molecule has 332 valence electrons. The van der Waals surface area contributed by atoms with Gasteiger partial charge >= 0.3 is 0 Å². The maximum Gasteiger partial charge on any atom is 0.221 e. The average molecular weight is 898 g/mol. The van der Waals surface area contributed by atoms with Gasteiger partial charge in [-0.15, -0.1) is 0 Å². The van der Waals surface area contributed by atoms with Crippen LogP contribution < -0.4 is 0 Å². The normalized spacial score (nSPS) is 18.6. The highest BCUT2D eigenvalue weighted by molar-refractivity contribution is 5.97. The number of fused-ring (bicyclic) bond motifs is 4. The summed E-state index contributed by atoms with van der Waals surface area (Å²) in [7, 11) is 0. The Morgan fingerprint density at radius 3 is 1.79 bits per heavy atom. The summed E-state index contributed by atoms with van der Waals surface area (Å²) in [4.78, 5) is 15.4. The first-order chi connectivity index (χ1) is 34.7. The molecule has 0 saturated heterocycles. The van der Waals surface area contributed by atoms with Gasteiger partial charge in [-0.1, -0.05) is 206 Å². The highest BCUT2D eigenvalue weighted by Crippen LogP contribution is 2.58. The van der Waals surface area contributed by atoms with Crippen LogP contribution in [0.3, 0.4) is 0 Å². The Balaban J connectivity index is 0.862. The Labute approximate surface area is 409 Å². The number of hydrogen-bond acceptors (Lipinski definition) is 4. The van der Waals surface area contributed by atoms with Crippen molar-refractivity contribution in [2.45, 2.75) is 30.3 Å². The summed E-state index contributed by atoms with van der Waals surface area (Å²) in [5, 5.41) is 0. The minimum absolute atomic E-state index is 0.103. The van der Waals surface area contributed by atoms with Crippen molar-refractivity contribution in [3.63, 3.8) is 0 Å². The third-order valence-corrected chi connectivity index (χ3v) is 14.4. The highest BCUT2D eigenvalue weighted by Gasteiger charge is 2.48. The lowest BCUT2D eigenvalue weighted by molar-refractivity contribution is 0.246. The first kappa shape index (κ1) is 41.5. The molecule has 0 amide bonds. The fourth-order valence-electron chi connectivity index (χ4n) is 11.0. The summed E-state index contributed by atoms with van der Waals surface area (Å²) in [6, 6.07) is 78.1. The lowest BCUT2D eigenvalue weighted by Crippen LogP contribution is -2.31. The van der Waals surface area contributed by atoms with Gasteiger partial charge in [0.25, 0.3) is 0 Å². The lowest BCUT2D eigenvalue weighted by Gasteiger charge is -2.36. The van der Waals surface area contributed by atoms with Crippen molar-refractivity contribution in [3.05, 3.63) is 294 Å². The molecule has 0 saturated carbocycles. The summed E-state index contributed by atoms with van der Waals surface area (Å²) < 4.78 is 6.47. The quantitative estimate of drug-likeness (QED) is 0.145. The molecule has 9 aromatic rings. The number of aliphatic imine (C=N–C) groups is 1. The molecule has 3 atom stereocenters. The molecular weight excluding hydrogens is 851 g/mol. The topological polar surface area (TPSA) is 47.4 Å². The summed E-state index contributed by atoms with van der Waals surface area (Å²) >= 11 is 0. The van der Waals surface area contributed by atoms with Crippen LogP contribution >= 0.6 is 0 Å². The molecule has 0 N–H and O–H groups in total. The van der Waals surface area contributed by atoms with Crippen LogP contribution in [0.4, 0.5) is 0 Å². The van der Waals surface area contributed by atoms with Crippen LogP contribution in [0.2, 0.25) is 0 Å². The second-order valence-corrected chi connectivity index (χ2v) is 18.5. The van der Waals surface area contributed by atoms with Crippen molar-refractivity contribution < 1.29 is 4.74 Å². The van der Waals surface area contributed by atoms with Gasteiger partial charge in [0.05, 0.1) is 22.5 Å². The number of nitrogens with zero attached hydrogens (tertiary/aromatic N) is 3. The van der Waals surface area contributed by atoms with Crippen LogP contribution in [0.25, 0.3) is 61.6 Å². The zero-order valence-corrected chi connectivity index (χ0v) is 38.5. The Morgan fingerprint density at radius 1 is 0.457 bits per heavy atom. The van der Waals surface area contributed by atoms with E-state index < -0.39 is 5.41 Å². The maximum atomic E-state index is 6.47. The van der Waals surface area contributed by atoms with Crippen molar-refractivity contribution in [3.8, 4) is 56.0 Å². The minimum Gasteiger partial charge on any atom is -0.467 e. The molecule has 0 fully saturated rings. The van der Waals surface area contributed by atoms with Gasteiger partial charge in [0, 0.05) is 29.0 Å². The largest absolute Gasteiger partial charge is 0.467 e. The zero-order chi connectivity index (χ0) is 46.4. The number of ether oxygens (including phenoxy) is 1. The molecule has 2 heterocycles. The van der Waals surface area contributed by atoms with Crippen LogP contribution in [-0.2, 0) is 10.2 Å². The van der Waals surface area contributed by atoms with Gasteiger partial charge in [0.1, 0.15) is 6.10 Å². The van der Waals surface area contributed by atoms with Crippen LogP contribution in [0.15, 0.2) is 265 Å². The van der Waals surface area contributed by atoms with E-state index in [1.165, 1.54) is 44.5 Å². The van der Waals surface area contributed by atoms with E-state index in [-0.39, 0.29) is 6.10 Å². The third kappa shape index (κ3) is 7.28. The van der Waals surface area contributed by atoms with Crippen LogP contribution in [-0.4, -0.2) is 22.0 Å². The standard InChI is InChI=1S/C66H47N3O/c1-5-17-44(18-6-1)45-31-33-46(34-32-45)60-43-61(68-64(67-60)47-19-7-2-8-20-47)53-26-16-25-51(40-53)49-23-15-24-50(39-49)52-35-37-59-57(41-52)56-29-13-14-30-58(56)66(59,54-27-11-4-12-28-54)55-36-38-63-62(42-55)69-65(70-63)48-21-9-3-10-22-48/h1-31,33-37,39-43,45,63H,32,38H2. The molecule has 4 nitrogen and oxygen atoms in total. The molecule has 1 aromatic heterocycles. The molecular formula is C66H47N3O. The first-order valence-corrected chi connectivity index (χ1v) is 24.3. The van der Waals surface area contributed by atoms with E-state index in [9.17, 15) is 0 Å². The van der Waals surface area contributed by atoms with Crippen molar-refractivity contribution >= 4 is 11.5 Å². The van der Waals surface area contributed by atoms with Crippen LogP contribution in [0.5, 0.6) is 0 Å². The summed E-state index contributed by atoms with van der Waals surface area (Å²) in [6.07, 6.45) is 13.1. The van der Waals surface area contributed by atoms with Gasteiger partial charge in [0.15, 0.2) is 5.82 Å². The smallest absolute Gasteiger partial charge is 0.221 e. The fraction of sp³-hybridized carbons (Fsp3) is 0.0758. The molecule has 1 aliphatic heterocycles. The van der Waals surface area contributed by atoms with Crippen molar-refractivity contribution in [1.82, 2.24) is 9.97 Å². The van der Waals surface area contributed by atoms with Gasteiger partial charge in [-0.05, 0) is 116 Å². The fourth-order valence-corrected chi connectivity index (χ4v) is 11.0.